The van der Waals surface area contributed by atoms with Crippen molar-refractivity contribution >= 4 is 54.1 Å². The van der Waals surface area contributed by atoms with E-state index in [9.17, 15) is 0 Å². The Hall–Kier alpha value is -8.42. The van der Waals surface area contributed by atoms with E-state index in [-0.39, 0.29) is 0 Å². The van der Waals surface area contributed by atoms with Crippen molar-refractivity contribution in [1.82, 2.24) is 34.5 Å². The van der Waals surface area contributed by atoms with Crippen molar-refractivity contribution in [2.45, 2.75) is 0 Å². The largest absolute Gasteiger partial charge is 0.278 e. The zero-order valence-electron chi connectivity index (χ0n) is 32.7. The van der Waals surface area contributed by atoms with Crippen LogP contribution in [0.15, 0.2) is 200 Å². The highest BCUT2D eigenvalue weighted by molar-refractivity contribution is 6.28. The Bertz CT molecular complexity index is 3510. The quantitative estimate of drug-likeness (QED) is 0.156. The molecule has 9 aromatic carbocycles. The van der Waals surface area contributed by atoms with Gasteiger partial charge in [-0.1, -0.05) is 170 Å². The molecule has 0 fully saturated rings. The van der Waals surface area contributed by atoms with E-state index < -0.39 is 0 Å². The summed E-state index contributed by atoms with van der Waals surface area (Å²) >= 11 is 0. The number of benzene rings is 9. The average molecular weight is 780 g/mol. The summed E-state index contributed by atoms with van der Waals surface area (Å²) in [5, 5.41) is 9.24. The molecule has 61 heavy (non-hydrogen) atoms. The van der Waals surface area contributed by atoms with Crippen LogP contribution < -0.4 is 0 Å². The Balaban J connectivity index is 1.18. The predicted molar refractivity (Wildman–Crippen MR) is 247 cm³/mol. The number of rotatable bonds is 6. The van der Waals surface area contributed by atoms with E-state index in [4.69, 9.17) is 29.9 Å². The van der Waals surface area contributed by atoms with E-state index in [0.717, 1.165) is 55.0 Å². The van der Waals surface area contributed by atoms with E-state index in [1.165, 1.54) is 26.9 Å². The third kappa shape index (κ3) is 5.90. The lowest BCUT2D eigenvalue weighted by molar-refractivity contribution is 0.954. The van der Waals surface area contributed by atoms with Gasteiger partial charge in [-0.25, -0.2) is 19.9 Å². The molecule has 12 rings (SSSR count). The number of aromatic nitrogens is 7. The van der Waals surface area contributed by atoms with Crippen LogP contribution in [0.2, 0.25) is 0 Å². The zero-order valence-corrected chi connectivity index (χ0v) is 32.7. The highest BCUT2D eigenvalue weighted by Crippen LogP contribution is 2.42. The van der Waals surface area contributed by atoms with Crippen LogP contribution in [-0.2, 0) is 0 Å². The van der Waals surface area contributed by atoms with Gasteiger partial charge in [0, 0.05) is 38.6 Å². The highest BCUT2D eigenvalue weighted by Gasteiger charge is 2.22. The summed E-state index contributed by atoms with van der Waals surface area (Å²) in [7, 11) is 0. The van der Waals surface area contributed by atoms with Gasteiger partial charge in [0.2, 0.25) is 5.95 Å². The minimum atomic E-state index is 0.530. The third-order valence-corrected chi connectivity index (χ3v) is 11.5. The van der Waals surface area contributed by atoms with E-state index in [0.29, 0.717) is 35.1 Å². The van der Waals surface area contributed by atoms with Gasteiger partial charge in [0.05, 0.1) is 11.0 Å². The molecule has 0 aliphatic heterocycles. The maximum Gasteiger partial charge on any atom is 0.238 e. The monoisotopic (exact) mass is 779 g/mol. The first-order valence-corrected chi connectivity index (χ1v) is 20.3. The maximum atomic E-state index is 5.24. The number of hydrogen-bond acceptors (Lipinski definition) is 6. The normalized spacial score (nSPS) is 11.6. The van der Waals surface area contributed by atoms with E-state index in [2.05, 4.69) is 83.4 Å². The minimum absolute atomic E-state index is 0.530. The van der Waals surface area contributed by atoms with Crippen LogP contribution in [0, 0.1) is 0 Å². The van der Waals surface area contributed by atoms with Crippen molar-refractivity contribution in [3.63, 3.8) is 0 Å². The fraction of sp³-hybridized carbons (Fsp3) is 0. The summed E-state index contributed by atoms with van der Waals surface area (Å²) in [6.07, 6.45) is 0. The fourth-order valence-corrected chi connectivity index (χ4v) is 8.61. The fourth-order valence-electron chi connectivity index (χ4n) is 8.61. The molecule has 12 aromatic rings. The third-order valence-electron chi connectivity index (χ3n) is 11.5. The second-order valence-corrected chi connectivity index (χ2v) is 15.1. The molecular weight excluding hydrogens is 747 g/mol. The molecule has 0 aliphatic rings. The first-order chi connectivity index (χ1) is 30.2. The molecule has 284 valence electrons. The Morgan fingerprint density at radius 3 is 1.02 bits per heavy atom. The molecule has 3 heterocycles. The van der Waals surface area contributed by atoms with Crippen molar-refractivity contribution < 1.29 is 0 Å². The molecule has 0 radical (unpaired) electrons. The molecule has 0 bridgehead atoms. The minimum Gasteiger partial charge on any atom is -0.278 e. The van der Waals surface area contributed by atoms with Gasteiger partial charge in [0.25, 0.3) is 0 Å². The highest BCUT2D eigenvalue weighted by atomic mass is 15.2. The molecule has 3 aromatic heterocycles. The molecule has 0 spiro atoms. The van der Waals surface area contributed by atoms with Gasteiger partial charge in [-0.05, 0) is 62.6 Å². The molecule has 0 amide bonds. The van der Waals surface area contributed by atoms with Gasteiger partial charge in [-0.3, -0.25) is 4.57 Å². The van der Waals surface area contributed by atoms with E-state index >= 15 is 0 Å². The molecular formula is C54H33N7. The Labute approximate surface area is 350 Å². The summed E-state index contributed by atoms with van der Waals surface area (Å²) in [4.78, 5) is 30.7. The van der Waals surface area contributed by atoms with Crippen LogP contribution in [0.1, 0.15) is 0 Å². The van der Waals surface area contributed by atoms with Crippen molar-refractivity contribution in [2.75, 3.05) is 0 Å². The van der Waals surface area contributed by atoms with Crippen LogP contribution >= 0.6 is 0 Å². The van der Waals surface area contributed by atoms with Crippen LogP contribution in [0.5, 0.6) is 0 Å². The lowest BCUT2D eigenvalue weighted by Crippen LogP contribution is -2.06. The number of fused-ring (bicyclic) bond motifs is 9. The molecule has 0 unspecified atom stereocenters. The summed E-state index contributed by atoms with van der Waals surface area (Å²) in [6.45, 7) is 0. The predicted octanol–water partition coefficient (Wildman–Crippen LogP) is 12.9. The van der Waals surface area contributed by atoms with Crippen molar-refractivity contribution in [1.29, 1.82) is 0 Å². The second-order valence-electron chi connectivity index (χ2n) is 15.1. The standard InChI is InChI=1S/C54H33N7/c1-5-17-34(18-6-1)49-55-50(35-19-7-2-8-20-35)57-53(56-49)38-29-30-47-45(31-38)46-32-43-41-27-15-13-25-39(41)40-26-14-16-28-42(40)44(43)33-48(46)61(47)54-59-51(36-21-9-3-10-22-36)58-52(60-54)37-23-11-4-12-24-37/h1-33H. The molecule has 0 aliphatic carbocycles. The van der Waals surface area contributed by atoms with Crippen LogP contribution in [-0.4, -0.2) is 34.5 Å². The van der Waals surface area contributed by atoms with Crippen molar-refractivity contribution in [2.24, 2.45) is 0 Å². The van der Waals surface area contributed by atoms with E-state index in [1.807, 2.05) is 121 Å². The second kappa shape index (κ2) is 14.1. The van der Waals surface area contributed by atoms with Crippen LogP contribution in [0.25, 0.3) is 117 Å². The number of hydrogen-bond donors (Lipinski definition) is 0. The lowest BCUT2D eigenvalue weighted by Gasteiger charge is -2.13. The van der Waals surface area contributed by atoms with E-state index in [1.54, 1.807) is 0 Å². The molecule has 0 saturated carbocycles. The van der Waals surface area contributed by atoms with Gasteiger partial charge in [-0.2, -0.15) is 9.97 Å². The first kappa shape index (κ1) is 34.6. The maximum absolute atomic E-state index is 5.24. The Morgan fingerprint density at radius 2 is 0.574 bits per heavy atom. The average Bonchev–Trinajstić information content (AvgIpc) is 3.67. The summed E-state index contributed by atoms with van der Waals surface area (Å²) < 4.78 is 2.19. The number of nitrogens with zero attached hydrogens (tertiary/aromatic N) is 7. The summed E-state index contributed by atoms with van der Waals surface area (Å²) in [5.74, 6) is 3.54. The van der Waals surface area contributed by atoms with Gasteiger partial charge in [-0.15, -0.1) is 0 Å². The lowest BCUT2D eigenvalue weighted by atomic mass is 9.93. The molecule has 0 atom stereocenters. The first-order valence-electron chi connectivity index (χ1n) is 20.3. The summed E-state index contributed by atoms with van der Waals surface area (Å²) in [5.41, 5.74) is 6.47. The molecule has 0 saturated heterocycles. The van der Waals surface area contributed by atoms with Gasteiger partial charge >= 0.3 is 0 Å². The van der Waals surface area contributed by atoms with Gasteiger partial charge in [0.1, 0.15) is 0 Å². The molecule has 7 heteroatoms. The topological polar surface area (TPSA) is 82.3 Å². The van der Waals surface area contributed by atoms with Crippen molar-refractivity contribution in [3.05, 3.63) is 200 Å². The Morgan fingerprint density at radius 1 is 0.230 bits per heavy atom. The molecule has 0 N–H and O–H groups in total. The van der Waals surface area contributed by atoms with Gasteiger partial charge < -0.3 is 0 Å². The van der Waals surface area contributed by atoms with Crippen molar-refractivity contribution in [3.8, 4) is 62.9 Å². The molecule has 7 nitrogen and oxygen atoms in total. The smallest absolute Gasteiger partial charge is 0.238 e. The summed E-state index contributed by atoms with van der Waals surface area (Å²) in [6, 6.07) is 68.9. The Kier molecular flexibility index (Phi) is 8.03. The zero-order chi connectivity index (χ0) is 40.3. The SMILES string of the molecule is c1ccc(-c2nc(-c3ccccc3)nc(-c3ccc4c(c3)c3cc5c6ccccc6c6ccccc6c5cc3n4-c3nc(-c4ccccc4)nc(-c4ccccc4)n3)n2)cc1. The van der Waals surface area contributed by atoms with Gasteiger partial charge in [0.15, 0.2) is 29.1 Å². The van der Waals surface area contributed by atoms with Crippen LogP contribution in [0.4, 0.5) is 0 Å². The van der Waals surface area contributed by atoms with Crippen LogP contribution in [0.3, 0.4) is 0 Å².